The van der Waals surface area contributed by atoms with Crippen LogP contribution in [-0.4, -0.2) is 51.6 Å². The van der Waals surface area contributed by atoms with Gasteiger partial charge in [0.05, 0.1) is 19.4 Å². The van der Waals surface area contributed by atoms with Crippen LogP contribution in [0.15, 0.2) is 47.6 Å². The van der Waals surface area contributed by atoms with E-state index in [4.69, 9.17) is 14.2 Å². The van der Waals surface area contributed by atoms with Crippen LogP contribution >= 0.6 is 0 Å². The van der Waals surface area contributed by atoms with Gasteiger partial charge >= 0.3 is 0 Å². The van der Waals surface area contributed by atoms with Gasteiger partial charge < -0.3 is 19.1 Å². The number of carbonyl (C=O) groups excluding carboxylic acids is 1. The van der Waals surface area contributed by atoms with Crippen molar-refractivity contribution < 1.29 is 23.9 Å². The van der Waals surface area contributed by atoms with E-state index in [1.807, 2.05) is 42.5 Å². The molecule has 0 saturated carbocycles. The van der Waals surface area contributed by atoms with Crippen molar-refractivity contribution >= 4 is 12.1 Å². The van der Waals surface area contributed by atoms with Crippen molar-refractivity contribution in [3.8, 4) is 11.5 Å². The maximum absolute atomic E-state index is 12.3. The average Bonchev–Trinajstić information content (AvgIpc) is 2.75. The van der Waals surface area contributed by atoms with Gasteiger partial charge in [0, 0.05) is 16.7 Å². The van der Waals surface area contributed by atoms with Gasteiger partial charge in [-0.25, -0.2) is 5.43 Å². The van der Waals surface area contributed by atoms with Gasteiger partial charge in [-0.3, -0.25) is 4.79 Å². The second-order valence-electron chi connectivity index (χ2n) is 6.81. The van der Waals surface area contributed by atoms with Crippen molar-refractivity contribution in [3.05, 3.63) is 59.2 Å². The fourth-order valence-corrected chi connectivity index (χ4v) is 3.32. The number of amides is 1. The Balaban J connectivity index is 1.34. The van der Waals surface area contributed by atoms with Gasteiger partial charge in [0.2, 0.25) is 0 Å². The highest BCUT2D eigenvalue weighted by Gasteiger charge is 2.15. The van der Waals surface area contributed by atoms with E-state index in [1.54, 1.807) is 6.21 Å². The summed E-state index contributed by atoms with van der Waals surface area (Å²) in [5.41, 5.74) is 5.12. The summed E-state index contributed by atoms with van der Waals surface area (Å²) in [4.78, 5) is 13.8. The number of hydrogen-bond donors (Lipinski definition) is 2. The molecular weight excluding hydrogens is 358 g/mol. The van der Waals surface area contributed by atoms with Crippen LogP contribution in [0.4, 0.5) is 0 Å². The summed E-state index contributed by atoms with van der Waals surface area (Å²) in [5, 5.41) is 4.06. The molecule has 0 aliphatic carbocycles. The zero-order chi connectivity index (χ0) is 19.2. The predicted molar refractivity (Wildman–Crippen MR) is 104 cm³/mol. The molecule has 0 unspecified atom stereocenters. The SMILES string of the molecule is O=C(N/N=C\c1cccc2c1OCCO2)c1ccc(C[NH+]2CCOCC2)cc1. The first kappa shape index (κ1) is 18.5. The number of morpholine rings is 1. The van der Waals surface area contributed by atoms with Gasteiger partial charge in [-0.05, 0) is 24.3 Å². The van der Waals surface area contributed by atoms with Crippen molar-refractivity contribution in [1.82, 2.24) is 5.43 Å². The molecule has 0 bridgehead atoms. The highest BCUT2D eigenvalue weighted by molar-refractivity contribution is 5.95. The number of ether oxygens (including phenoxy) is 3. The molecule has 0 aromatic heterocycles. The van der Waals surface area contributed by atoms with Gasteiger partial charge in [0.15, 0.2) is 11.5 Å². The summed E-state index contributed by atoms with van der Waals surface area (Å²) < 4.78 is 16.6. The lowest BCUT2D eigenvalue weighted by atomic mass is 10.1. The van der Waals surface area contributed by atoms with Crippen LogP contribution in [0.1, 0.15) is 21.5 Å². The number of fused-ring (bicyclic) bond motifs is 1. The first-order chi connectivity index (χ1) is 13.8. The summed E-state index contributed by atoms with van der Waals surface area (Å²) in [6.45, 7) is 5.66. The van der Waals surface area contributed by atoms with Gasteiger partial charge in [0.25, 0.3) is 5.91 Å². The van der Waals surface area contributed by atoms with E-state index < -0.39 is 0 Å². The number of carbonyl (C=O) groups is 1. The number of hydrazone groups is 1. The summed E-state index contributed by atoms with van der Waals surface area (Å²) >= 11 is 0. The maximum Gasteiger partial charge on any atom is 0.271 e. The van der Waals surface area contributed by atoms with Crippen molar-refractivity contribution in [1.29, 1.82) is 0 Å². The Morgan fingerprint density at radius 3 is 2.64 bits per heavy atom. The topological polar surface area (TPSA) is 73.6 Å². The van der Waals surface area contributed by atoms with Crippen LogP contribution in [-0.2, 0) is 11.3 Å². The van der Waals surface area contributed by atoms with E-state index in [2.05, 4.69) is 10.5 Å². The lowest BCUT2D eigenvalue weighted by Crippen LogP contribution is -3.12. The van der Waals surface area contributed by atoms with E-state index in [-0.39, 0.29) is 5.91 Å². The van der Waals surface area contributed by atoms with Crippen LogP contribution in [0.2, 0.25) is 0 Å². The maximum atomic E-state index is 12.3. The molecule has 7 heteroatoms. The molecular formula is C21H24N3O4+. The van der Waals surface area contributed by atoms with Crippen molar-refractivity contribution in [2.24, 2.45) is 5.10 Å². The van der Waals surface area contributed by atoms with Crippen molar-refractivity contribution in [3.63, 3.8) is 0 Å². The molecule has 1 amide bonds. The molecule has 1 fully saturated rings. The smallest absolute Gasteiger partial charge is 0.271 e. The van der Waals surface area contributed by atoms with Crippen LogP contribution < -0.4 is 19.8 Å². The summed E-state index contributed by atoms with van der Waals surface area (Å²) in [5.74, 6) is 1.10. The number of benzene rings is 2. The Bertz CT molecular complexity index is 845. The standard InChI is InChI=1S/C21H23N3O4/c25-21(17-6-4-16(5-7-17)15-24-8-10-26-11-9-24)23-22-14-18-2-1-3-19-20(18)28-13-12-27-19/h1-7,14H,8-13,15H2,(H,23,25)/p+1/b22-14-. The minimum atomic E-state index is -0.247. The van der Waals surface area contributed by atoms with Crippen molar-refractivity contribution in [2.75, 3.05) is 39.5 Å². The minimum Gasteiger partial charge on any atom is -0.486 e. The van der Waals surface area contributed by atoms with E-state index in [1.165, 1.54) is 10.5 Å². The third kappa shape index (κ3) is 4.49. The van der Waals surface area contributed by atoms with Gasteiger partial charge in [-0.15, -0.1) is 0 Å². The number of para-hydroxylation sites is 1. The zero-order valence-electron chi connectivity index (χ0n) is 15.6. The van der Waals surface area contributed by atoms with Crippen LogP contribution in [0, 0.1) is 0 Å². The number of quaternary nitrogens is 1. The number of rotatable bonds is 5. The molecule has 4 rings (SSSR count). The van der Waals surface area contributed by atoms with E-state index >= 15 is 0 Å². The second-order valence-corrected chi connectivity index (χ2v) is 6.81. The third-order valence-electron chi connectivity index (χ3n) is 4.84. The van der Waals surface area contributed by atoms with Gasteiger partial charge in [-0.2, -0.15) is 5.10 Å². The first-order valence-electron chi connectivity index (χ1n) is 9.52. The third-order valence-corrected chi connectivity index (χ3v) is 4.84. The molecule has 2 N–H and O–H groups in total. The van der Waals surface area contributed by atoms with Crippen LogP contribution in [0.25, 0.3) is 0 Å². The molecule has 0 spiro atoms. The molecule has 0 atom stereocenters. The molecule has 2 aliphatic heterocycles. The quantitative estimate of drug-likeness (QED) is 0.588. The zero-order valence-corrected chi connectivity index (χ0v) is 15.6. The Morgan fingerprint density at radius 2 is 1.82 bits per heavy atom. The molecule has 7 nitrogen and oxygen atoms in total. The fraction of sp³-hybridized carbons (Fsp3) is 0.333. The molecule has 1 saturated heterocycles. The largest absolute Gasteiger partial charge is 0.486 e. The van der Waals surface area contributed by atoms with Gasteiger partial charge in [0.1, 0.15) is 32.8 Å². The van der Waals surface area contributed by atoms with Crippen LogP contribution in [0.5, 0.6) is 11.5 Å². The van der Waals surface area contributed by atoms with Crippen molar-refractivity contribution in [2.45, 2.75) is 6.54 Å². The molecule has 0 radical (unpaired) electrons. The molecule has 2 aromatic rings. The molecule has 2 aromatic carbocycles. The predicted octanol–water partition coefficient (Wildman–Crippen LogP) is 0.637. The summed E-state index contributed by atoms with van der Waals surface area (Å²) in [7, 11) is 0. The molecule has 146 valence electrons. The Morgan fingerprint density at radius 1 is 1.04 bits per heavy atom. The minimum absolute atomic E-state index is 0.247. The monoisotopic (exact) mass is 382 g/mol. The molecule has 28 heavy (non-hydrogen) atoms. The highest BCUT2D eigenvalue weighted by atomic mass is 16.6. The Labute approximate surface area is 163 Å². The molecule has 2 heterocycles. The highest BCUT2D eigenvalue weighted by Crippen LogP contribution is 2.32. The lowest BCUT2D eigenvalue weighted by molar-refractivity contribution is -0.921. The number of hydrogen-bond acceptors (Lipinski definition) is 5. The van der Waals surface area contributed by atoms with E-state index in [9.17, 15) is 4.79 Å². The summed E-state index contributed by atoms with van der Waals surface area (Å²) in [6, 6.07) is 13.3. The second kappa shape index (κ2) is 8.86. The van der Waals surface area contributed by atoms with E-state index in [0.29, 0.717) is 30.3 Å². The summed E-state index contributed by atoms with van der Waals surface area (Å²) in [6.07, 6.45) is 1.57. The first-order valence-corrected chi connectivity index (χ1v) is 9.52. The Hall–Kier alpha value is -2.90. The molecule has 2 aliphatic rings. The Kier molecular flexibility index (Phi) is 5.84. The lowest BCUT2D eigenvalue weighted by Gasteiger charge is -2.23. The normalized spacial score (nSPS) is 16.9. The van der Waals surface area contributed by atoms with Crippen LogP contribution in [0.3, 0.4) is 0 Å². The number of nitrogens with one attached hydrogen (secondary N) is 2. The van der Waals surface area contributed by atoms with Gasteiger partial charge in [-0.1, -0.05) is 18.2 Å². The average molecular weight is 382 g/mol. The number of nitrogens with zero attached hydrogens (tertiary/aromatic N) is 1. The van der Waals surface area contributed by atoms with E-state index in [0.717, 1.165) is 38.4 Å². The fourth-order valence-electron chi connectivity index (χ4n) is 3.32.